The van der Waals surface area contributed by atoms with Crippen molar-refractivity contribution in [2.45, 2.75) is 6.18 Å². The van der Waals surface area contributed by atoms with Crippen molar-refractivity contribution in [3.05, 3.63) is 62.5 Å². The first kappa shape index (κ1) is 15.3. The van der Waals surface area contributed by atoms with E-state index in [4.69, 9.17) is 0 Å². The molecule has 0 spiro atoms. The standard InChI is InChI=1S/C13H8BrF3N2O2/c14-9-3-1-7(2-4-9)11(20)19-10-5-8(13(15,16)17)6-18-12(10)21/h1-6H,(H,18,21)(H,19,20). The molecule has 0 saturated carbocycles. The minimum absolute atomic E-state index is 0.218. The SMILES string of the molecule is O=C(Nc1cc(C(F)(F)F)c[nH]c1=O)c1ccc(Br)cc1. The first-order valence-corrected chi connectivity index (χ1v) is 6.43. The second-order valence-electron chi connectivity index (χ2n) is 4.09. The van der Waals surface area contributed by atoms with E-state index in [-0.39, 0.29) is 5.56 Å². The maximum absolute atomic E-state index is 12.6. The third-order valence-electron chi connectivity index (χ3n) is 2.59. The predicted octanol–water partition coefficient (Wildman–Crippen LogP) is 3.41. The van der Waals surface area contributed by atoms with Gasteiger partial charge in [-0.25, -0.2) is 0 Å². The molecular formula is C13H8BrF3N2O2. The van der Waals surface area contributed by atoms with E-state index < -0.39 is 28.9 Å². The van der Waals surface area contributed by atoms with Crippen molar-refractivity contribution in [3.63, 3.8) is 0 Å². The van der Waals surface area contributed by atoms with Crippen LogP contribution in [-0.2, 0) is 6.18 Å². The second kappa shape index (κ2) is 5.72. The molecule has 4 nitrogen and oxygen atoms in total. The van der Waals surface area contributed by atoms with Crippen LogP contribution in [0.2, 0.25) is 0 Å². The van der Waals surface area contributed by atoms with Crippen molar-refractivity contribution in [2.75, 3.05) is 5.32 Å². The van der Waals surface area contributed by atoms with Crippen molar-refractivity contribution in [1.82, 2.24) is 4.98 Å². The molecular weight excluding hydrogens is 353 g/mol. The molecule has 2 N–H and O–H groups in total. The van der Waals surface area contributed by atoms with Crippen LogP contribution in [0.4, 0.5) is 18.9 Å². The van der Waals surface area contributed by atoms with Gasteiger partial charge in [0.25, 0.3) is 11.5 Å². The summed E-state index contributed by atoms with van der Waals surface area (Å²) in [5.41, 5.74) is -2.10. The molecule has 110 valence electrons. The third-order valence-corrected chi connectivity index (χ3v) is 3.11. The van der Waals surface area contributed by atoms with E-state index in [1.54, 1.807) is 12.1 Å². The molecule has 8 heteroatoms. The molecule has 0 unspecified atom stereocenters. The number of amides is 1. The minimum Gasteiger partial charge on any atom is -0.327 e. The lowest BCUT2D eigenvalue weighted by Gasteiger charge is -2.09. The Hall–Kier alpha value is -2.09. The number of aromatic nitrogens is 1. The monoisotopic (exact) mass is 360 g/mol. The van der Waals surface area contributed by atoms with Crippen molar-refractivity contribution in [3.8, 4) is 0 Å². The van der Waals surface area contributed by atoms with Crippen LogP contribution in [0, 0.1) is 0 Å². The molecule has 0 radical (unpaired) electrons. The zero-order valence-electron chi connectivity index (χ0n) is 10.3. The summed E-state index contributed by atoms with van der Waals surface area (Å²) in [5, 5.41) is 2.16. The smallest absolute Gasteiger partial charge is 0.327 e. The molecule has 1 amide bonds. The Kier molecular flexibility index (Phi) is 4.17. The van der Waals surface area contributed by atoms with Crippen molar-refractivity contribution in [2.24, 2.45) is 0 Å². The number of halogens is 4. The number of alkyl halides is 3. The topological polar surface area (TPSA) is 62.0 Å². The summed E-state index contributed by atoms with van der Waals surface area (Å²) in [6, 6.07) is 6.74. The Bertz CT molecular complexity index is 723. The summed E-state index contributed by atoms with van der Waals surface area (Å²) in [6.45, 7) is 0. The summed E-state index contributed by atoms with van der Waals surface area (Å²) >= 11 is 3.19. The first-order valence-electron chi connectivity index (χ1n) is 5.64. The fourth-order valence-corrected chi connectivity index (χ4v) is 1.80. The quantitative estimate of drug-likeness (QED) is 0.861. The molecule has 1 heterocycles. The molecule has 0 aliphatic rings. The molecule has 0 aliphatic heterocycles. The largest absolute Gasteiger partial charge is 0.417 e. The van der Waals surface area contributed by atoms with Crippen LogP contribution >= 0.6 is 15.9 Å². The van der Waals surface area contributed by atoms with Gasteiger partial charge in [-0.3, -0.25) is 9.59 Å². The average molecular weight is 361 g/mol. The molecule has 0 bridgehead atoms. The highest BCUT2D eigenvalue weighted by Gasteiger charge is 2.31. The number of hydrogen-bond acceptors (Lipinski definition) is 2. The highest BCUT2D eigenvalue weighted by atomic mass is 79.9. The average Bonchev–Trinajstić information content (AvgIpc) is 2.40. The van der Waals surface area contributed by atoms with E-state index in [0.717, 1.165) is 4.47 Å². The number of anilines is 1. The van der Waals surface area contributed by atoms with E-state index in [0.29, 0.717) is 12.3 Å². The van der Waals surface area contributed by atoms with Gasteiger partial charge in [0.05, 0.1) is 5.56 Å². The lowest BCUT2D eigenvalue weighted by molar-refractivity contribution is -0.137. The van der Waals surface area contributed by atoms with Crippen molar-refractivity contribution in [1.29, 1.82) is 0 Å². The van der Waals surface area contributed by atoms with Crippen LogP contribution in [0.1, 0.15) is 15.9 Å². The van der Waals surface area contributed by atoms with E-state index in [1.165, 1.54) is 12.1 Å². The molecule has 2 rings (SSSR count). The highest BCUT2D eigenvalue weighted by molar-refractivity contribution is 9.10. The molecule has 0 saturated heterocycles. The maximum Gasteiger partial charge on any atom is 0.417 e. The van der Waals surface area contributed by atoms with Crippen molar-refractivity contribution >= 4 is 27.5 Å². The maximum atomic E-state index is 12.6. The van der Waals surface area contributed by atoms with Gasteiger partial charge in [0, 0.05) is 16.2 Å². The second-order valence-corrected chi connectivity index (χ2v) is 5.01. The van der Waals surface area contributed by atoms with Gasteiger partial charge in [0.2, 0.25) is 0 Å². The molecule has 0 aliphatic carbocycles. The predicted molar refractivity (Wildman–Crippen MR) is 74.2 cm³/mol. The van der Waals surface area contributed by atoms with Gasteiger partial charge in [-0.15, -0.1) is 0 Å². The third kappa shape index (κ3) is 3.72. The van der Waals surface area contributed by atoms with E-state index >= 15 is 0 Å². The van der Waals surface area contributed by atoms with Gasteiger partial charge < -0.3 is 10.3 Å². The number of nitrogens with one attached hydrogen (secondary N) is 2. The zero-order chi connectivity index (χ0) is 15.6. The molecule has 21 heavy (non-hydrogen) atoms. The number of carbonyl (C=O) groups excluding carboxylic acids is 1. The lowest BCUT2D eigenvalue weighted by atomic mass is 10.2. The molecule has 0 fully saturated rings. The number of pyridine rings is 1. The van der Waals surface area contributed by atoms with E-state index in [9.17, 15) is 22.8 Å². The Labute approximate surface area is 125 Å². The number of rotatable bonds is 2. The summed E-state index contributed by atoms with van der Waals surface area (Å²) in [5.74, 6) is -0.674. The summed E-state index contributed by atoms with van der Waals surface area (Å²) < 4.78 is 38.4. The van der Waals surface area contributed by atoms with Crippen molar-refractivity contribution < 1.29 is 18.0 Å². The van der Waals surface area contributed by atoms with Crippen LogP contribution < -0.4 is 10.9 Å². The number of hydrogen-bond donors (Lipinski definition) is 2. The van der Waals surface area contributed by atoms with E-state index in [1.807, 2.05) is 4.98 Å². The first-order chi connectivity index (χ1) is 9.77. The van der Waals surface area contributed by atoms with Crippen LogP contribution in [0.25, 0.3) is 0 Å². The fourth-order valence-electron chi connectivity index (χ4n) is 1.54. The fraction of sp³-hybridized carbons (Fsp3) is 0.0769. The lowest BCUT2D eigenvalue weighted by Crippen LogP contribution is -2.21. The van der Waals surface area contributed by atoms with Gasteiger partial charge in [0.1, 0.15) is 5.69 Å². The van der Waals surface area contributed by atoms with Crippen LogP contribution in [0.5, 0.6) is 0 Å². The Morgan fingerprint density at radius 3 is 2.38 bits per heavy atom. The van der Waals surface area contributed by atoms with Gasteiger partial charge in [-0.05, 0) is 30.3 Å². The van der Waals surface area contributed by atoms with Gasteiger partial charge in [-0.1, -0.05) is 15.9 Å². The highest BCUT2D eigenvalue weighted by Crippen LogP contribution is 2.29. The Morgan fingerprint density at radius 1 is 1.19 bits per heavy atom. The van der Waals surface area contributed by atoms with Crippen LogP contribution in [-0.4, -0.2) is 10.9 Å². The number of benzene rings is 1. The number of carbonyl (C=O) groups is 1. The van der Waals surface area contributed by atoms with E-state index in [2.05, 4.69) is 21.2 Å². The number of aromatic amines is 1. The van der Waals surface area contributed by atoms with Gasteiger partial charge in [-0.2, -0.15) is 13.2 Å². The van der Waals surface area contributed by atoms with Crippen LogP contribution in [0.3, 0.4) is 0 Å². The summed E-state index contributed by atoms with van der Waals surface area (Å²) in [7, 11) is 0. The molecule has 0 atom stereocenters. The minimum atomic E-state index is -4.61. The molecule has 2 aromatic rings. The van der Waals surface area contributed by atoms with Gasteiger partial charge >= 0.3 is 6.18 Å². The molecule has 1 aromatic carbocycles. The Balaban J connectivity index is 2.29. The summed E-state index contributed by atoms with van der Waals surface area (Å²) in [4.78, 5) is 25.3. The normalized spacial score (nSPS) is 11.2. The number of H-pyrrole nitrogens is 1. The van der Waals surface area contributed by atoms with Gasteiger partial charge in [0.15, 0.2) is 0 Å². The zero-order valence-corrected chi connectivity index (χ0v) is 11.9. The summed E-state index contributed by atoms with van der Waals surface area (Å²) in [6.07, 6.45) is -4.06. The Morgan fingerprint density at radius 2 is 1.81 bits per heavy atom. The van der Waals surface area contributed by atoms with Crippen LogP contribution in [0.15, 0.2) is 45.8 Å². The molecule has 1 aromatic heterocycles.